The van der Waals surface area contributed by atoms with E-state index in [9.17, 15) is 0 Å². The van der Waals surface area contributed by atoms with Crippen molar-refractivity contribution in [3.8, 4) is 0 Å². The molecule has 2 atom stereocenters. The standard InChI is InChI=1S/C3H4I2.C3H6/c4-2-1-3(2)5;1-2-3-1/h2-3H,1H2;1-3H2. The highest BCUT2D eigenvalue weighted by molar-refractivity contribution is 14.1. The lowest BCUT2D eigenvalue weighted by atomic mass is 11.0. The zero-order chi connectivity index (χ0) is 5.98. The van der Waals surface area contributed by atoms with Gasteiger partial charge < -0.3 is 0 Å². The second kappa shape index (κ2) is 3.58. The van der Waals surface area contributed by atoms with E-state index in [0.29, 0.717) is 0 Å². The van der Waals surface area contributed by atoms with Crippen LogP contribution in [0, 0.1) is 0 Å². The van der Waals surface area contributed by atoms with Crippen LogP contribution in [0.5, 0.6) is 0 Å². The van der Waals surface area contributed by atoms with Crippen LogP contribution >= 0.6 is 45.2 Å². The van der Waals surface area contributed by atoms with Crippen LogP contribution in [0.1, 0.15) is 25.7 Å². The largest absolute Gasteiger partial charge is 0.0814 e. The highest BCUT2D eigenvalue weighted by Crippen LogP contribution is 2.37. The van der Waals surface area contributed by atoms with Crippen molar-refractivity contribution in [3.63, 3.8) is 0 Å². The molecule has 8 heavy (non-hydrogen) atoms. The molecule has 0 aromatic carbocycles. The molecular weight excluding hydrogens is 326 g/mol. The fourth-order valence-corrected chi connectivity index (χ4v) is 2.21. The maximum atomic E-state index is 2.47. The third kappa shape index (κ3) is 4.35. The lowest BCUT2D eigenvalue weighted by Gasteiger charge is -1.62. The number of rotatable bonds is 0. The Bertz CT molecular complexity index is 62.2. The van der Waals surface area contributed by atoms with Gasteiger partial charge in [0.25, 0.3) is 0 Å². The number of halogens is 2. The molecule has 2 rings (SSSR count). The Balaban J connectivity index is 0.0000000907. The van der Waals surface area contributed by atoms with Gasteiger partial charge in [0.2, 0.25) is 0 Å². The summed E-state index contributed by atoms with van der Waals surface area (Å²) < 4.78 is 2.02. The van der Waals surface area contributed by atoms with Gasteiger partial charge >= 0.3 is 0 Å². The van der Waals surface area contributed by atoms with Crippen molar-refractivity contribution in [1.29, 1.82) is 0 Å². The van der Waals surface area contributed by atoms with E-state index < -0.39 is 0 Å². The second-order valence-electron chi connectivity index (χ2n) is 2.33. The Morgan fingerprint density at radius 3 is 1.12 bits per heavy atom. The van der Waals surface area contributed by atoms with Crippen LogP contribution in [0.25, 0.3) is 0 Å². The van der Waals surface area contributed by atoms with E-state index in [1.54, 1.807) is 0 Å². The van der Waals surface area contributed by atoms with Gasteiger partial charge in [-0.15, -0.1) is 0 Å². The lowest BCUT2D eigenvalue weighted by molar-refractivity contribution is 1.50. The summed E-state index contributed by atoms with van der Waals surface area (Å²) >= 11 is 4.95. The first-order valence-electron chi connectivity index (χ1n) is 3.09. The molecule has 48 valence electrons. The molecular formula is C6H10I2. The molecule has 0 aliphatic heterocycles. The molecule has 0 N–H and O–H groups in total. The Kier molecular flexibility index (Phi) is 3.39. The van der Waals surface area contributed by atoms with Gasteiger partial charge in [0.05, 0.1) is 0 Å². The summed E-state index contributed by atoms with van der Waals surface area (Å²) in [6.07, 6.45) is 5.95. The van der Waals surface area contributed by atoms with Crippen molar-refractivity contribution in [3.05, 3.63) is 0 Å². The van der Waals surface area contributed by atoms with Crippen molar-refractivity contribution in [1.82, 2.24) is 0 Å². The third-order valence-electron chi connectivity index (χ3n) is 0.993. The first kappa shape index (κ1) is 7.57. The molecule has 2 fully saturated rings. The maximum Gasteiger partial charge on any atom is 0.0238 e. The van der Waals surface area contributed by atoms with Gasteiger partial charge in [-0.2, -0.15) is 0 Å². The third-order valence-corrected chi connectivity index (χ3v) is 5.12. The quantitative estimate of drug-likeness (QED) is 0.471. The second-order valence-corrected chi connectivity index (χ2v) is 5.53. The topological polar surface area (TPSA) is 0 Å². The van der Waals surface area contributed by atoms with E-state index in [0.717, 1.165) is 7.85 Å². The predicted octanol–water partition coefficient (Wildman–Crippen LogP) is 3.17. The molecule has 2 aliphatic carbocycles. The molecule has 2 heteroatoms. The summed E-state index contributed by atoms with van der Waals surface area (Å²) in [6.45, 7) is 0. The van der Waals surface area contributed by atoms with Crippen LogP contribution in [0.4, 0.5) is 0 Å². The van der Waals surface area contributed by atoms with Crippen LogP contribution in [0.2, 0.25) is 0 Å². The molecule has 2 aliphatic rings. The molecule has 0 radical (unpaired) electrons. The van der Waals surface area contributed by atoms with Crippen LogP contribution < -0.4 is 0 Å². The number of hydrogen-bond donors (Lipinski definition) is 0. The van der Waals surface area contributed by atoms with Gasteiger partial charge in [-0.3, -0.25) is 0 Å². The zero-order valence-corrected chi connectivity index (χ0v) is 9.05. The normalized spacial score (nSPS) is 39.8. The van der Waals surface area contributed by atoms with Crippen LogP contribution in [-0.4, -0.2) is 7.85 Å². The van der Waals surface area contributed by atoms with E-state index in [-0.39, 0.29) is 0 Å². The highest BCUT2D eigenvalue weighted by Gasteiger charge is 2.30. The van der Waals surface area contributed by atoms with Gasteiger partial charge in [0, 0.05) is 7.85 Å². The molecule has 0 aromatic heterocycles. The fourth-order valence-electron chi connectivity index (χ4n) is 0.137. The van der Waals surface area contributed by atoms with Gasteiger partial charge in [0.1, 0.15) is 0 Å². The molecule has 0 nitrogen and oxygen atoms in total. The molecule has 2 saturated carbocycles. The first-order valence-corrected chi connectivity index (χ1v) is 5.58. The van der Waals surface area contributed by atoms with Crippen LogP contribution in [0.15, 0.2) is 0 Å². The van der Waals surface area contributed by atoms with Crippen molar-refractivity contribution >= 4 is 45.2 Å². The average Bonchev–Trinajstić information content (AvgIpc) is 2.44. The molecule has 0 amide bonds. The fraction of sp³-hybridized carbons (Fsp3) is 1.00. The molecule has 0 bridgehead atoms. The molecule has 2 unspecified atom stereocenters. The zero-order valence-electron chi connectivity index (χ0n) is 4.74. The predicted molar refractivity (Wildman–Crippen MR) is 54.1 cm³/mol. The summed E-state index contributed by atoms with van der Waals surface area (Å²) in [7, 11) is 0. The average molecular weight is 336 g/mol. The van der Waals surface area contributed by atoms with Gasteiger partial charge in [-0.05, 0) is 6.42 Å². The Labute approximate surface area is 78.1 Å². The number of alkyl halides is 2. The van der Waals surface area contributed by atoms with Crippen molar-refractivity contribution in [2.75, 3.05) is 0 Å². The molecule has 0 heterocycles. The van der Waals surface area contributed by atoms with Crippen molar-refractivity contribution < 1.29 is 0 Å². The lowest BCUT2D eigenvalue weighted by Crippen LogP contribution is -1.61. The van der Waals surface area contributed by atoms with Crippen LogP contribution in [0.3, 0.4) is 0 Å². The first-order chi connectivity index (χ1) is 3.80. The summed E-state index contributed by atoms with van der Waals surface area (Å²) in [5.41, 5.74) is 0. The van der Waals surface area contributed by atoms with Crippen LogP contribution in [-0.2, 0) is 0 Å². The van der Waals surface area contributed by atoms with E-state index >= 15 is 0 Å². The van der Waals surface area contributed by atoms with Gasteiger partial charge in [-0.25, -0.2) is 0 Å². The Morgan fingerprint density at radius 2 is 1.12 bits per heavy atom. The molecule has 0 spiro atoms. The number of hydrogen-bond acceptors (Lipinski definition) is 0. The van der Waals surface area contributed by atoms with E-state index in [1.165, 1.54) is 25.7 Å². The minimum Gasteiger partial charge on any atom is -0.0814 e. The smallest absolute Gasteiger partial charge is 0.0238 e. The van der Waals surface area contributed by atoms with Crippen molar-refractivity contribution in [2.45, 2.75) is 33.5 Å². The summed E-state index contributed by atoms with van der Waals surface area (Å²) in [6, 6.07) is 0. The summed E-state index contributed by atoms with van der Waals surface area (Å²) in [5, 5.41) is 0. The van der Waals surface area contributed by atoms with E-state index in [1.807, 2.05) is 0 Å². The monoisotopic (exact) mass is 336 g/mol. The molecule has 0 aromatic rings. The van der Waals surface area contributed by atoms with Gasteiger partial charge in [-0.1, -0.05) is 64.4 Å². The minimum absolute atomic E-state index is 1.01. The molecule has 0 saturated heterocycles. The Morgan fingerprint density at radius 1 is 0.875 bits per heavy atom. The van der Waals surface area contributed by atoms with E-state index in [4.69, 9.17) is 0 Å². The van der Waals surface area contributed by atoms with Crippen molar-refractivity contribution in [2.24, 2.45) is 0 Å². The van der Waals surface area contributed by atoms with Gasteiger partial charge in [0.15, 0.2) is 0 Å². The Hall–Kier alpha value is 1.46. The summed E-state index contributed by atoms with van der Waals surface area (Å²) in [5.74, 6) is 0. The summed E-state index contributed by atoms with van der Waals surface area (Å²) in [4.78, 5) is 0. The van der Waals surface area contributed by atoms with E-state index in [2.05, 4.69) is 45.2 Å². The minimum atomic E-state index is 1.01. The highest BCUT2D eigenvalue weighted by atomic mass is 127. The SMILES string of the molecule is C1CC1.IC1CC1I. The maximum absolute atomic E-state index is 2.47.